The first-order chi connectivity index (χ1) is 12.5. The Morgan fingerprint density at radius 2 is 1.92 bits per heavy atom. The lowest BCUT2D eigenvalue weighted by atomic mass is 9.92. The minimum absolute atomic E-state index is 0.0207. The first kappa shape index (κ1) is 19.0. The Morgan fingerprint density at radius 3 is 2.62 bits per heavy atom. The van der Waals surface area contributed by atoms with Crippen molar-refractivity contribution in [1.82, 2.24) is 14.5 Å². The number of hydrogen-bond acceptors (Lipinski definition) is 4. The zero-order valence-corrected chi connectivity index (χ0v) is 16.6. The molecule has 1 amide bonds. The summed E-state index contributed by atoms with van der Waals surface area (Å²) in [4.78, 5) is 32.1. The third-order valence-corrected chi connectivity index (χ3v) is 5.78. The molecule has 2 atom stereocenters. The van der Waals surface area contributed by atoms with Gasteiger partial charge in [-0.3, -0.25) is 14.2 Å². The highest BCUT2D eigenvalue weighted by Gasteiger charge is 2.25. The van der Waals surface area contributed by atoms with E-state index in [0.29, 0.717) is 40.2 Å². The number of amides is 1. The lowest BCUT2D eigenvalue weighted by Crippen LogP contribution is -2.43. The van der Waals surface area contributed by atoms with Gasteiger partial charge in [0.1, 0.15) is 0 Å². The number of para-hydroxylation sites is 1. The summed E-state index contributed by atoms with van der Waals surface area (Å²) in [6, 6.07) is 7.41. The van der Waals surface area contributed by atoms with Crippen molar-refractivity contribution in [2.45, 2.75) is 45.3 Å². The number of carbonyl (C=O) groups excluding carboxylic acids is 1. The molecule has 1 aliphatic rings. The van der Waals surface area contributed by atoms with Crippen molar-refractivity contribution in [2.75, 3.05) is 18.8 Å². The van der Waals surface area contributed by atoms with Crippen LogP contribution in [0.1, 0.15) is 33.6 Å². The van der Waals surface area contributed by atoms with Gasteiger partial charge in [-0.1, -0.05) is 44.7 Å². The number of benzene rings is 1. The number of carbonyl (C=O) groups is 1. The molecule has 140 valence electrons. The van der Waals surface area contributed by atoms with Crippen molar-refractivity contribution >= 4 is 28.6 Å². The van der Waals surface area contributed by atoms with Crippen LogP contribution in [0.15, 0.2) is 34.2 Å². The van der Waals surface area contributed by atoms with E-state index in [4.69, 9.17) is 0 Å². The molecule has 3 rings (SSSR count). The Balaban J connectivity index is 1.80. The molecular formula is C20H27N3O2S. The topological polar surface area (TPSA) is 55.2 Å². The lowest BCUT2D eigenvalue weighted by Gasteiger charge is -2.35. The Morgan fingerprint density at radius 1 is 1.23 bits per heavy atom. The van der Waals surface area contributed by atoms with Gasteiger partial charge in [-0.2, -0.15) is 0 Å². The van der Waals surface area contributed by atoms with E-state index in [1.807, 2.05) is 36.1 Å². The highest BCUT2D eigenvalue weighted by molar-refractivity contribution is 7.99. The number of nitrogens with zero attached hydrogens (tertiary/aromatic N) is 3. The second-order valence-electron chi connectivity index (χ2n) is 7.40. The van der Waals surface area contributed by atoms with Gasteiger partial charge >= 0.3 is 0 Å². The van der Waals surface area contributed by atoms with E-state index in [1.165, 1.54) is 18.2 Å². The predicted molar refractivity (Wildman–Crippen MR) is 107 cm³/mol. The zero-order chi connectivity index (χ0) is 18.7. The molecule has 6 heteroatoms. The van der Waals surface area contributed by atoms with Crippen LogP contribution in [-0.4, -0.2) is 39.2 Å². The van der Waals surface area contributed by atoms with Gasteiger partial charge in [-0.05, 0) is 36.8 Å². The largest absolute Gasteiger partial charge is 0.341 e. The molecule has 1 aliphatic heterocycles. The molecule has 0 bridgehead atoms. The summed E-state index contributed by atoms with van der Waals surface area (Å²) in [6.07, 6.45) is 2.03. The third kappa shape index (κ3) is 4.11. The number of rotatable bonds is 5. The van der Waals surface area contributed by atoms with Crippen LogP contribution in [0.2, 0.25) is 0 Å². The molecule has 0 aliphatic carbocycles. The first-order valence-electron chi connectivity index (χ1n) is 9.39. The molecular weight excluding hydrogens is 346 g/mol. The van der Waals surface area contributed by atoms with E-state index >= 15 is 0 Å². The molecule has 0 spiro atoms. The van der Waals surface area contributed by atoms with Gasteiger partial charge in [0.05, 0.1) is 16.7 Å². The quantitative estimate of drug-likeness (QED) is 0.595. The van der Waals surface area contributed by atoms with E-state index in [2.05, 4.69) is 18.8 Å². The molecule has 1 aromatic heterocycles. The normalized spacial score (nSPS) is 20.5. The SMILES string of the molecule is CCCn1c(SCC(=O)N2C[C@H](C)C[C@H](C)C2)nc2ccccc2c1=O. The van der Waals surface area contributed by atoms with E-state index in [0.717, 1.165) is 19.5 Å². The van der Waals surface area contributed by atoms with Crippen molar-refractivity contribution in [3.63, 3.8) is 0 Å². The van der Waals surface area contributed by atoms with E-state index in [9.17, 15) is 9.59 Å². The predicted octanol–water partition coefficient (Wildman–Crippen LogP) is 3.40. The van der Waals surface area contributed by atoms with Crippen LogP contribution in [0.4, 0.5) is 0 Å². The summed E-state index contributed by atoms with van der Waals surface area (Å²) >= 11 is 1.38. The van der Waals surface area contributed by atoms with Crippen LogP contribution < -0.4 is 5.56 Å². The minimum Gasteiger partial charge on any atom is -0.341 e. The van der Waals surface area contributed by atoms with Gasteiger partial charge < -0.3 is 4.90 Å². The summed E-state index contributed by atoms with van der Waals surface area (Å²) in [5, 5.41) is 1.28. The van der Waals surface area contributed by atoms with Gasteiger partial charge in [0.15, 0.2) is 5.16 Å². The van der Waals surface area contributed by atoms with Crippen molar-refractivity contribution < 1.29 is 4.79 Å². The molecule has 5 nitrogen and oxygen atoms in total. The van der Waals surface area contributed by atoms with Crippen LogP contribution >= 0.6 is 11.8 Å². The fraction of sp³-hybridized carbons (Fsp3) is 0.550. The van der Waals surface area contributed by atoms with Crippen molar-refractivity contribution in [3.8, 4) is 0 Å². The Labute approximate surface area is 158 Å². The number of thioether (sulfide) groups is 1. The average molecular weight is 374 g/mol. The zero-order valence-electron chi connectivity index (χ0n) is 15.8. The molecule has 0 saturated carbocycles. The summed E-state index contributed by atoms with van der Waals surface area (Å²) in [5.41, 5.74) is 0.674. The first-order valence-corrected chi connectivity index (χ1v) is 10.4. The number of hydrogen-bond donors (Lipinski definition) is 0. The van der Waals surface area contributed by atoms with Gasteiger partial charge in [-0.25, -0.2) is 4.98 Å². The molecule has 0 N–H and O–H groups in total. The molecule has 0 unspecified atom stereocenters. The lowest BCUT2D eigenvalue weighted by molar-refractivity contribution is -0.130. The van der Waals surface area contributed by atoms with Crippen LogP contribution in [0.25, 0.3) is 10.9 Å². The summed E-state index contributed by atoms with van der Waals surface area (Å²) in [6.45, 7) is 8.72. The second-order valence-corrected chi connectivity index (χ2v) is 8.34. The Kier molecular flexibility index (Phi) is 6.01. The van der Waals surface area contributed by atoms with E-state index < -0.39 is 0 Å². The molecule has 2 heterocycles. The van der Waals surface area contributed by atoms with Gasteiger partial charge in [-0.15, -0.1) is 0 Å². The molecule has 1 aromatic carbocycles. The number of aromatic nitrogens is 2. The standard InChI is InChI=1S/C20H27N3O2S/c1-4-9-23-19(25)16-7-5-6-8-17(16)21-20(23)26-13-18(24)22-11-14(2)10-15(3)12-22/h5-8,14-15H,4,9-13H2,1-3H3/t14-,15+. The number of fused-ring (bicyclic) bond motifs is 1. The van der Waals surface area contributed by atoms with Crippen molar-refractivity contribution in [3.05, 3.63) is 34.6 Å². The van der Waals surface area contributed by atoms with Gasteiger partial charge in [0.25, 0.3) is 5.56 Å². The van der Waals surface area contributed by atoms with Crippen molar-refractivity contribution in [1.29, 1.82) is 0 Å². The summed E-state index contributed by atoms with van der Waals surface area (Å²) in [7, 11) is 0. The van der Waals surface area contributed by atoms with Crippen LogP contribution in [0, 0.1) is 11.8 Å². The fourth-order valence-electron chi connectivity index (χ4n) is 3.76. The number of likely N-dealkylation sites (tertiary alicyclic amines) is 1. The molecule has 1 fully saturated rings. The highest BCUT2D eigenvalue weighted by atomic mass is 32.2. The molecule has 0 radical (unpaired) electrons. The Bertz CT molecular complexity index is 839. The molecule has 1 saturated heterocycles. The maximum Gasteiger partial charge on any atom is 0.262 e. The molecule has 2 aromatic rings. The van der Waals surface area contributed by atoms with Gasteiger partial charge in [0.2, 0.25) is 5.91 Å². The number of piperidine rings is 1. The monoisotopic (exact) mass is 373 g/mol. The summed E-state index contributed by atoms with van der Waals surface area (Å²) < 4.78 is 1.71. The fourth-order valence-corrected chi connectivity index (χ4v) is 4.69. The highest BCUT2D eigenvalue weighted by Crippen LogP contribution is 2.23. The van der Waals surface area contributed by atoms with Crippen LogP contribution in [0.5, 0.6) is 0 Å². The van der Waals surface area contributed by atoms with Gasteiger partial charge in [0, 0.05) is 19.6 Å². The van der Waals surface area contributed by atoms with Crippen LogP contribution in [-0.2, 0) is 11.3 Å². The smallest absolute Gasteiger partial charge is 0.262 e. The second kappa shape index (κ2) is 8.25. The summed E-state index contributed by atoms with van der Waals surface area (Å²) in [5.74, 6) is 1.56. The Hall–Kier alpha value is -1.82. The maximum atomic E-state index is 12.8. The van der Waals surface area contributed by atoms with E-state index in [-0.39, 0.29) is 11.5 Å². The molecule has 26 heavy (non-hydrogen) atoms. The maximum absolute atomic E-state index is 12.8. The minimum atomic E-state index is -0.0207. The van der Waals surface area contributed by atoms with Crippen LogP contribution in [0.3, 0.4) is 0 Å². The third-order valence-electron chi connectivity index (χ3n) is 4.82. The average Bonchev–Trinajstić information content (AvgIpc) is 2.61. The van der Waals surface area contributed by atoms with Crippen molar-refractivity contribution in [2.24, 2.45) is 11.8 Å². The van der Waals surface area contributed by atoms with E-state index in [1.54, 1.807) is 4.57 Å².